The van der Waals surface area contributed by atoms with Gasteiger partial charge in [-0.25, -0.2) is 4.98 Å². The SMILES string of the molecule is NCCc1csc(C2COc3ccccc3O2)n1. The van der Waals surface area contributed by atoms with Crippen LogP contribution in [0.25, 0.3) is 0 Å². The van der Waals surface area contributed by atoms with Gasteiger partial charge in [0.1, 0.15) is 11.6 Å². The van der Waals surface area contributed by atoms with E-state index in [4.69, 9.17) is 15.2 Å². The number of nitrogens with two attached hydrogens (primary N) is 1. The van der Waals surface area contributed by atoms with Gasteiger partial charge in [0.05, 0.1) is 5.69 Å². The van der Waals surface area contributed by atoms with Crippen LogP contribution in [0.4, 0.5) is 0 Å². The molecule has 94 valence electrons. The molecule has 2 N–H and O–H groups in total. The predicted octanol–water partition coefficient (Wildman–Crippen LogP) is 2.16. The fourth-order valence-electron chi connectivity index (χ4n) is 1.87. The van der Waals surface area contributed by atoms with E-state index in [1.165, 1.54) is 0 Å². The standard InChI is InChI=1S/C13H14N2O2S/c14-6-5-9-8-18-13(15-9)12-7-16-10-3-1-2-4-11(10)17-12/h1-4,8,12H,5-7,14H2. The molecular weight excluding hydrogens is 248 g/mol. The number of para-hydroxylation sites is 2. The van der Waals surface area contributed by atoms with Gasteiger partial charge in [-0.2, -0.15) is 0 Å². The number of fused-ring (bicyclic) bond motifs is 1. The Morgan fingerprint density at radius 1 is 1.33 bits per heavy atom. The maximum atomic E-state index is 5.90. The largest absolute Gasteiger partial charge is 0.485 e. The highest BCUT2D eigenvalue weighted by molar-refractivity contribution is 7.09. The van der Waals surface area contributed by atoms with Crippen LogP contribution in [-0.2, 0) is 6.42 Å². The highest BCUT2D eigenvalue weighted by Crippen LogP contribution is 2.36. The van der Waals surface area contributed by atoms with Gasteiger partial charge in [0, 0.05) is 11.8 Å². The fraction of sp³-hybridized carbons (Fsp3) is 0.308. The lowest BCUT2D eigenvalue weighted by Crippen LogP contribution is -2.21. The zero-order chi connectivity index (χ0) is 12.4. The van der Waals surface area contributed by atoms with Gasteiger partial charge >= 0.3 is 0 Å². The summed E-state index contributed by atoms with van der Waals surface area (Å²) in [5.41, 5.74) is 6.55. The van der Waals surface area contributed by atoms with Crippen LogP contribution in [0.2, 0.25) is 0 Å². The van der Waals surface area contributed by atoms with Gasteiger partial charge in [0.15, 0.2) is 17.6 Å². The summed E-state index contributed by atoms with van der Waals surface area (Å²) in [6, 6.07) is 7.70. The van der Waals surface area contributed by atoms with Crippen molar-refractivity contribution in [2.75, 3.05) is 13.2 Å². The zero-order valence-electron chi connectivity index (χ0n) is 9.83. The number of rotatable bonds is 3. The van der Waals surface area contributed by atoms with E-state index in [9.17, 15) is 0 Å². The van der Waals surface area contributed by atoms with Crippen molar-refractivity contribution in [2.45, 2.75) is 12.5 Å². The maximum absolute atomic E-state index is 5.90. The minimum Gasteiger partial charge on any atom is -0.485 e. The molecule has 3 rings (SSSR count). The van der Waals surface area contributed by atoms with E-state index in [-0.39, 0.29) is 6.10 Å². The molecule has 18 heavy (non-hydrogen) atoms. The molecule has 2 heterocycles. The number of hydrogen-bond donors (Lipinski definition) is 1. The van der Waals surface area contributed by atoms with Gasteiger partial charge in [-0.05, 0) is 18.7 Å². The fourth-order valence-corrected chi connectivity index (χ4v) is 2.74. The average Bonchev–Trinajstić information content (AvgIpc) is 2.87. The van der Waals surface area contributed by atoms with E-state index in [2.05, 4.69) is 4.98 Å². The topological polar surface area (TPSA) is 57.4 Å². The van der Waals surface area contributed by atoms with Crippen molar-refractivity contribution in [3.8, 4) is 11.5 Å². The van der Waals surface area contributed by atoms with Crippen molar-refractivity contribution in [1.29, 1.82) is 0 Å². The molecule has 4 nitrogen and oxygen atoms in total. The molecule has 0 fully saturated rings. The van der Waals surface area contributed by atoms with E-state index in [1.807, 2.05) is 29.6 Å². The molecule has 0 spiro atoms. The first kappa shape index (κ1) is 11.5. The summed E-state index contributed by atoms with van der Waals surface area (Å²) >= 11 is 1.60. The second-order valence-corrected chi connectivity index (χ2v) is 4.97. The third kappa shape index (κ3) is 2.19. The van der Waals surface area contributed by atoms with Crippen LogP contribution in [0.15, 0.2) is 29.6 Å². The van der Waals surface area contributed by atoms with Crippen LogP contribution in [0.1, 0.15) is 16.8 Å². The van der Waals surface area contributed by atoms with Crippen LogP contribution in [0.3, 0.4) is 0 Å². The second-order valence-electron chi connectivity index (χ2n) is 4.08. The molecule has 1 unspecified atom stereocenters. The summed E-state index contributed by atoms with van der Waals surface area (Å²) in [6.07, 6.45) is 0.692. The average molecular weight is 262 g/mol. The summed E-state index contributed by atoms with van der Waals surface area (Å²) < 4.78 is 11.6. The molecule has 5 heteroatoms. The number of benzene rings is 1. The maximum Gasteiger partial charge on any atom is 0.184 e. The normalized spacial score (nSPS) is 17.7. The molecule has 0 radical (unpaired) electrons. The van der Waals surface area contributed by atoms with Crippen molar-refractivity contribution in [2.24, 2.45) is 5.73 Å². The number of hydrogen-bond acceptors (Lipinski definition) is 5. The van der Waals surface area contributed by atoms with Crippen molar-refractivity contribution in [1.82, 2.24) is 4.98 Å². The van der Waals surface area contributed by atoms with Crippen molar-refractivity contribution in [3.05, 3.63) is 40.3 Å². The Morgan fingerprint density at radius 3 is 3.00 bits per heavy atom. The molecule has 0 saturated carbocycles. The molecule has 1 aliphatic heterocycles. The van der Waals surface area contributed by atoms with Crippen LogP contribution in [0.5, 0.6) is 11.5 Å². The number of aromatic nitrogens is 1. The molecule has 1 atom stereocenters. The van der Waals surface area contributed by atoms with Gasteiger partial charge in [-0.15, -0.1) is 11.3 Å². The van der Waals surface area contributed by atoms with Crippen molar-refractivity contribution >= 4 is 11.3 Å². The Bertz CT molecular complexity index is 541. The Labute approximate surface area is 109 Å². The van der Waals surface area contributed by atoms with E-state index < -0.39 is 0 Å². The molecule has 0 bridgehead atoms. The Balaban J connectivity index is 1.78. The molecule has 1 aromatic carbocycles. The van der Waals surface area contributed by atoms with Crippen molar-refractivity contribution < 1.29 is 9.47 Å². The van der Waals surface area contributed by atoms with E-state index in [1.54, 1.807) is 11.3 Å². The minimum absolute atomic E-state index is 0.114. The minimum atomic E-state index is -0.114. The van der Waals surface area contributed by atoms with Gasteiger partial charge in [0.2, 0.25) is 0 Å². The van der Waals surface area contributed by atoms with Crippen molar-refractivity contribution in [3.63, 3.8) is 0 Å². The lowest BCUT2D eigenvalue weighted by Gasteiger charge is -2.24. The van der Waals surface area contributed by atoms with E-state index in [0.29, 0.717) is 13.2 Å². The molecule has 0 saturated heterocycles. The summed E-state index contributed by atoms with van der Waals surface area (Å²) in [5.74, 6) is 1.58. The monoisotopic (exact) mass is 262 g/mol. The first-order chi connectivity index (χ1) is 8.86. The summed E-state index contributed by atoms with van der Waals surface area (Å²) in [4.78, 5) is 4.53. The number of nitrogens with zero attached hydrogens (tertiary/aromatic N) is 1. The first-order valence-electron chi connectivity index (χ1n) is 5.89. The van der Waals surface area contributed by atoms with E-state index >= 15 is 0 Å². The smallest absolute Gasteiger partial charge is 0.184 e. The van der Waals surface area contributed by atoms with Gasteiger partial charge in [-0.3, -0.25) is 0 Å². The van der Waals surface area contributed by atoms with Crippen LogP contribution >= 0.6 is 11.3 Å². The summed E-state index contributed by atoms with van der Waals surface area (Å²) in [6.45, 7) is 1.13. The van der Waals surface area contributed by atoms with Gasteiger partial charge < -0.3 is 15.2 Å². The lowest BCUT2D eigenvalue weighted by molar-refractivity contribution is 0.0910. The number of ether oxygens (including phenoxy) is 2. The second kappa shape index (κ2) is 4.96. The van der Waals surface area contributed by atoms with Gasteiger partial charge in [-0.1, -0.05) is 12.1 Å². The predicted molar refractivity (Wildman–Crippen MR) is 70.2 cm³/mol. The molecule has 1 aliphatic rings. The number of thiazole rings is 1. The molecule has 2 aromatic rings. The third-order valence-electron chi connectivity index (χ3n) is 2.75. The first-order valence-corrected chi connectivity index (χ1v) is 6.77. The van der Waals surface area contributed by atoms with Crippen LogP contribution in [0, 0.1) is 0 Å². The van der Waals surface area contributed by atoms with Gasteiger partial charge in [0.25, 0.3) is 0 Å². The highest BCUT2D eigenvalue weighted by Gasteiger charge is 2.24. The Morgan fingerprint density at radius 2 is 2.17 bits per heavy atom. The third-order valence-corrected chi connectivity index (χ3v) is 3.74. The quantitative estimate of drug-likeness (QED) is 0.921. The van der Waals surface area contributed by atoms with Crippen LogP contribution in [-0.4, -0.2) is 18.1 Å². The van der Waals surface area contributed by atoms with Crippen LogP contribution < -0.4 is 15.2 Å². The Hall–Kier alpha value is -1.59. The summed E-state index contributed by atoms with van der Waals surface area (Å²) in [5, 5.41) is 2.99. The lowest BCUT2D eigenvalue weighted by atomic mass is 10.2. The molecule has 0 amide bonds. The zero-order valence-corrected chi connectivity index (χ0v) is 10.7. The summed E-state index contributed by atoms with van der Waals surface area (Å²) in [7, 11) is 0. The highest BCUT2D eigenvalue weighted by atomic mass is 32.1. The molecule has 0 aliphatic carbocycles. The Kier molecular flexibility index (Phi) is 3.17. The molecule has 1 aromatic heterocycles. The van der Waals surface area contributed by atoms with E-state index in [0.717, 1.165) is 28.6 Å². The molecular formula is C13H14N2O2S.